The fourth-order valence-corrected chi connectivity index (χ4v) is 1.14. The van der Waals surface area contributed by atoms with Gasteiger partial charge in [0, 0.05) is 13.0 Å². The van der Waals surface area contributed by atoms with E-state index < -0.39 is 0 Å². The molecule has 0 aromatic carbocycles. The first-order valence-electron chi connectivity index (χ1n) is 5.17. The van der Waals surface area contributed by atoms with Crippen molar-refractivity contribution in [1.29, 1.82) is 0 Å². The zero-order valence-electron chi connectivity index (χ0n) is 9.84. The van der Waals surface area contributed by atoms with Crippen molar-refractivity contribution in [2.75, 3.05) is 27.2 Å². The molecule has 0 aliphatic carbocycles. The van der Waals surface area contributed by atoms with Gasteiger partial charge in [0.2, 0.25) is 5.91 Å². The molecule has 0 aromatic rings. The van der Waals surface area contributed by atoms with Gasteiger partial charge < -0.3 is 9.80 Å². The lowest BCUT2D eigenvalue weighted by Gasteiger charge is -2.35. The molecule has 1 unspecified atom stereocenters. The van der Waals surface area contributed by atoms with Crippen LogP contribution >= 0.6 is 0 Å². The predicted octanol–water partition coefficient (Wildman–Crippen LogP) is 1.16. The van der Waals surface area contributed by atoms with Gasteiger partial charge in [-0.15, -0.1) is 0 Å². The highest BCUT2D eigenvalue weighted by atomic mass is 16.1. The van der Waals surface area contributed by atoms with Gasteiger partial charge in [0.25, 0.3) is 0 Å². The second-order valence-corrected chi connectivity index (χ2v) is 4.23. The van der Waals surface area contributed by atoms with E-state index in [1.54, 1.807) is 0 Å². The van der Waals surface area contributed by atoms with Gasteiger partial charge in [-0.3, -0.25) is 4.79 Å². The number of hydrogen-bond acceptors (Lipinski definition) is 1. The van der Waals surface area contributed by atoms with Crippen molar-refractivity contribution in [3.05, 3.63) is 12.7 Å². The minimum atomic E-state index is -0.0843. The molecule has 0 saturated heterocycles. The van der Waals surface area contributed by atoms with Crippen LogP contribution < -0.4 is 5.32 Å². The van der Waals surface area contributed by atoms with Crippen LogP contribution in [-0.4, -0.2) is 43.6 Å². The number of nitrogens with one attached hydrogen (secondary N) is 1. The lowest BCUT2D eigenvalue weighted by molar-refractivity contribution is -0.911. The molecule has 0 radical (unpaired) electrons. The van der Waals surface area contributed by atoms with Crippen LogP contribution in [0, 0.1) is 0 Å². The second-order valence-electron chi connectivity index (χ2n) is 4.23. The Morgan fingerprint density at radius 3 is 2.57 bits per heavy atom. The molecule has 3 heteroatoms. The zero-order valence-corrected chi connectivity index (χ0v) is 9.84. The summed E-state index contributed by atoms with van der Waals surface area (Å²) in [6, 6.07) is 0.560. The standard InChI is InChI=1S/C11H22N2O/c1-6-11(14)12-9-8-10(3)13(4,5)7-2/h6,10H,1,7-9H2,2-5H3/p+1. The SMILES string of the molecule is C=CC(=O)NCCC(C)[N+](C)(C)CC. The summed E-state index contributed by atoms with van der Waals surface area (Å²) in [5.41, 5.74) is 0. The summed E-state index contributed by atoms with van der Waals surface area (Å²) in [6.45, 7) is 9.64. The van der Waals surface area contributed by atoms with Crippen molar-refractivity contribution >= 4 is 5.91 Å². The maximum Gasteiger partial charge on any atom is 0.243 e. The van der Waals surface area contributed by atoms with E-state index in [0.29, 0.717) is 6.04 Å². The third-order valence-corrected chi connectivity index (χ3v) is 3.05. The molecule has 0 aliphatic heterocycles. The normalized spacial score (nSPS) is 13.4. The molecule has 1 N–H and O–H groups in total. The first-order chi connectivity index (χ1) is 6.44. The van der Waals surface area contributed by atoms with E-state index >= 15 is 0 Å². The van der Waals surface area contributed by atoms with E-state index in [1.165, 1.54) is 6.08 Å². The van der Waals surface area contributed by atoms with Gasteiger partial charge in [-0.2, -0.15) is 0 Å². The molecule has 1 atom stereocenters. The second kappa shape index (κ2) is 5.81. The third-order valence-electron chi connectivity index (χ3n) is 3.05. The average Bonchev–Trinajstić information content (AvgIpc) is 2.17. The monoisotopic (exact) mass is 199 g/mol. The first kappa shape index (κ1) is 13.2. The van der Waals surface area contributed by atoms with Crippen LogP contribution in [0.4, 0.5) is 0 Å². The summed E-state index contributed by atoms with van der Waals surface area (Å²) in [5.74, 6) is -0.0843. The van der Waals surface area contributed by atoms with E-state index in [4.69, 9.17) is 0 Å². The van der Waals surface area contributed by atoms with Crippen molar-refractivity contribution in [1.82, 2.24) is 5.32 Å². The van der Waals surface area contributed by atoms with E-state index in [0.717, 1.165) is 24.0 Å². The average molecular weight is 199 g/mol. The highest BCUT2D eigenvalue weighted by Gasteiger charge is 2.20. The molecular formula is C11H23N2O+. The minimum absolute atomic E-state index is 0.0843. The zero-order chi connectivity index (χ0) is 11.2. The van der Waals surface area contributed by atoms with Gasteiger partial charge in [0.05, 0.1) is 26.7 Å². The summed E-state index contributed by atoms with van der Waals surface area (Å²) in [6.07, 6.45) is 2.31. The van der Waals surface area contributed by atoms with Crippen LogP contribution in [0.15, 0.2) is 12.7 Å². The van der Waals surface area contributed by atoms with Gasteiger partial charge in [-0.25, -0.2) is 0 Å². The van der Waals surface area contributed by atoms with E-state index in [-0.39, 0.29) is 5.91 Å². The molecule has 0 fully saturated rings. The summed E-state index contributed by atoms with van der Waals surface area (Å²) in [4.78, 5) is 10.9. The number of quaternary nitrogens is 1. The van der Waals surface area contributed by atoms with Crippen LogP contribution in [0.5, 0.6) is 0 Å². The number of carbonyl (C=O) groups is 1. The van der Waals surface area contributed by atoms with E-state index in [1.807, 2.05) is 0 Å². The molecule has 0 spiro atoms. The maximum absolute atomic E-state index is 10.9. The van der Waals surface area contributed by atoms with Crippen molar-refractivity contribution in [3.63, 3.8) is 0 Å². The van der Waals surface area contributed by atoms with Gasteiger partial charge in [0.15, 0.2) is 0 Å². The molecule has 0 rings (SSSR count). The van der Waals surface area contributed by atoms with Crippen LogP contribution in [0.3, 0.4) is 0 Å². The molecule has 0 saturated carbocycles. The van der Waals surface area contributed by atoms with E-state index in [9.17, 15) is 4.79 Å². The summed E-state index contributed by atoms with van der Waals surface area (Å²) in [5, 5.41) is 2.79. The summed E-state index contributed by atoms with van der Waals surface area (Å²) >= 11 is 0. The molecular weight excluding hydrogens is 176 g/mol. The van der Waals surface area contributed by atoms with Crippen LogP contribution in [-0.2, 0) is 4.79 Å². The van der Waals surface area contributed by atoms with Crippen molar-refractivity contribution in [2.24, 2.45) is 0 Å². The maximum atomic E-state index is 10.9. The Bertz CT molecular complexity index is 199. The number of hydrogen-bond donors (Lipinski definition) is 1. The van der Waals surface area contributed by atoms with Gasteiger partial charge >= 0.3 is 0 Å². The van der Waals surface area contributed by atoms with Gasteiger partial charge in [-0.1, -0.05) is 6.58 Å². The molecule has 82 valence electrons. The van der Waals surface area contributed by atoms with Gasteiger partial charge in [0.1, 0.15) is 0 Å². The highest BCUT2D eigenvalue weighted by Crippen LogP contribution is 2.08. The van der Waals surface area contributed by atoms with Crippen molar-refractivity contribution in [2.45, 2.75) is 26.3 Å². The highest BCUT2D eigenvalue weighted by molar-refractivity contribution is 5.86. The molecule has 0 aliphatic rings. The summed E-state index contributed by atoms with van der Waals surface area (Å²) in [7, 11) is 4.42. The Hall–Kier alpha value is -0.830. The number of amides is 1. The van der Waals surface area contributed by atoms with Crippen LogP contribution in [0.2, 0.25) is 0 Å². The topological polar surface area (TPSA) is 29.1 Å². The predicted molar refractivity (Wildman–Crippen MR) is 59.9 cm³/mol. The lowest BCUT2D eigenvalue weighted by Crippen LogP contribution is -2.48. The van der Waals surface area contributed by atoms with E-state index in [2.05, 4.69) is 39.8 Å². The number of nitrogens with zero attached hydrogens (tertiary/aromatic N) is 1. The Morgan fingerprint density at radius 1 is 1.57 bits per heavy atom. The minimum Gasteiger partial charge on any atom is -0.352 e. The summed E-state index contributed by atoms with van der Waals surface area (Å²) < 4.78 is 0.990. The Kier molecular flexibility index (Phi) is 5.46. The van der Waals surface area contributed by atoms with Crippen molar-refractivity contribution in [3.8, 4) is 0 Å². The Balaban J connectivity index is 3.79. The third kappa shape index (κ3) is 4.42. The first-order valence-corrected chi connectivity index (χ1v) is 5.17. The molecule has 3 nitrogen and oxygen atoms in total. The molecule has 14 heavy (non-hydrogen) atoms. The quantitative estimate of drug-likeness (QED) is 0.505. The molecule has 0 aromatic heterocycles. The van der Waals surface area contributed by atoms with Crippen LogP contribution in [0.1, 0.15) is 20.3 Å². The smallest absolute Gasteiger partial charge is 0.243 e. The number of carbonyl (C=O) groups excluding carboxylic acids is 1. The molecule has 0 bridgehead atoms. The Morgan fingerprint density at radius 2 is 2.14 bits per heavy atom. The molecule has 1 amide bonds. The van der Waals surface area contributed by atoms with Gasteiger partial charge in [-0.05, 0) is 19.9 Å². The lowest BCUT2D eigenvalue weighted by atomic mass is 10.2. The Labute approximate surface area is 87.4 Å². The van der Waals surface area contributed by atoms with Crippen LogP contribution in [0.25, 0.3) is 0 Å². The number of rotatable bonds is 6. The largest absolute Gasteiger partial charge is 0.352 e. The molecule has 0 heterocycles. The van der Waals surface area contributed by atoms with Crippen molar-refractivity contribution < 1.29 is 9.28 Å². The fourth-order valence-electron chi connectivity index (χ4n) is 1.14. The fraction of sp³-hybridized carbons (Fsp3) is 0.727.